The molecule has 1 aliphatic rings. The lowest BCUT2D eigenvalue weighted by Crippen LogP contribution is -2.42. The molecule has 0 atom stereocenters. The van der Waals surface area contributed by atoms with Gasteiger partial charge < -0.3 is 20.7 Å². The molecule has 20 heavy (non-hydrogen) atoms. The van der Waals surface area contributed by atoms with Crippen molar-refractivity contribution in [3.05, 3.63) is 23.8 Å². The van der Waals surface area contributed by atoms with E-state index < -0.39 is 0 Å². The molecule has 110 valence electrons. The predicted octanol–water partition coefficient (Wildman–Crippen LogP) is 2.61. The van der Waals surface area contributed by atoms with Crippen molar-refractivity contribution in [3.8, 4) is 0 Å². The van der Waals surface area contributed by atoms with Gasteiger partial charge in [0.05, 0.1) is 18.0 Å². The molecule has 0 spiro atoms. The van der Waals surface area contributed by atoms with E-state index >= 15 is 0 Å². The number of rotatable bonds is 3. The highest BCUT2D eigenvalue weighted by atomic mass is 16.6. The van der Waals surface area contributed by atoms with E-state index in [1.807, 2.05) is 32.0 Å². The first kappa shape index (κ1) is 14.5. The summed E-state index contributed by atoms with van der Waals surface area (Å²) >= 11 is 0. The molecule has 0 radical (unpaired) electrons. The van der Waals surface area contributed by atoms with Gasteiger partial charge in [-0.15, -0.1) is 0 Å². The van der Waals surface area contributed by atoms with Crippen LogP contribution >= 0.6 is 0 Å². The van der Waals surface area contributed by atoms with Crippen molar-refractivity contribution in [1.29, 1.82) is 0 Å². The quantitative estimate of drug-likeness (QED) is 0.833. The minimum absolute atomic E-state index is 0.207. The summed E-state index contributed by atoms with van der Waals surface area (Å²) in [5, 5.41) is 3.48. The predicted molar refractivity (Wildman–Crippen MR) is 80.8 cm³/mol. The number of nitrogens with one attached hydrogen (secondary N) is 1. The van der Waals surface area contributed by atoms with Crippen LogP contribution in [-0.4, -0.2) is 36.7 Å². The summed E-state index contributed by atoms with van der Waals surface area (Å²) in [4.78, 5) is 13.4. The average Bonchev–Trinajstić information content (AvgIpc) is 2.45. The number of nitrogens with two attached hydrogens (primary N) is 1. The second-order valence-corrected chi connectivity index (χ2v) is 5.14. The molecule has 1 amide bonds. The third-order valence-corrected chi connectivity index (χ3v) is 3.70. The maximum absolute atomic E-state index is 11.6. The van der Waals surface area contributed by atoms with Crippen molar-refractivity contribution in [1.82, 2.24) is 4.90 Å². The van der Waals surface area contributed by atoms with Crippen LogP contribution in [0, 0.1) is 6.92 Å². The van der Waals surface area contributed by atoms with E-state index in [0.717, 1.165) is 42.9 Å². The second-order valence-electron chi connectivity index (χ2n) is 5.14. The fourth-order valence-corrected chi connectivity index (χ4v) is 2.45. The molecule has 0 saturated carbocycles. The van der Waals surface area contributed by atoms with Gasteiger partial charge in [-0.3, -0.25) is 0 Å². The summed E-state index contributed by atoms with van der Waals surface area (Å²) in [6.07, 6.45) is 1.61. The number of piperidine rings is 1. The van der Waals surface area contributed by atoms with Gasteiger partial charge in [-0.25, -0.2) is 4.79 Å². The van der Waals surface area contributed by atoms with Crippen LogP contribution in [0.4, 0.5) is 16.2 Å². The van der Waals surface area contributed by atoms with Gasteiger partial charge in [0.1, 0.15) is 0 Å². The Morgan fingerprint density at radius 1 is 1.45 bits per heavy atom. The molecule has 2 rings (SSSR count). The maximum atomic E-state index is 11.6. The van der Waals surface area contributed by atoms with Crippen molar-refractivity contribution >= 4 is 17.5 Å². The Kier molecular flexibility index (Phi) is 4.71. The number of ether oxygens (including phenoxy) is 1. The van der Waals surface area contributed by atoms with Crippen LogP contribution < -0.4 is 11.1 Å². The Balaban J connectivity index is 1.88. The molecule has 3 N–H and O–H groups in total. The van der Waals surface area contributed by atoms with E-state index in [1.165, 1.54) is 0 Å². The van der Waals surface area contributed by atoms with Crippen LogP contribution in [0.2, 0.25) is 0 Å². The first-order valence-corrected chi connectivity index (χ1v) is 7.15. The van der Waals surface area contributed by atoms with Crippen LogP contribution in [0.25, 0.3) is 0 Å². The molecular weight excluding hydrogens is 254 g/mol. The highest BCUT2D eigenvalue weighted by Gasteiger charge is 2.23. The van der Waals surface area contributed by atoms with Crippen molar-refractivity contribution in [2.45, 2.75) is 32.7 Å². The Labute approximate surface area is 120 Å². The van der Waals surface area contributed by atoms with Gasteiger partial charge in [0.15, 0.2) is 0 Å². The number of amides is 1. The number of nitrogens with zero attached hydrogens (tertiary/aromatic N) is 1. The van der Waals surface area contributed by atoms with Gasteiger partial charge in [0.2, 0.25) is 0 Å². The second kappa shape index (κ2) is 6.50. The van der Waals surface area contributed by atoms with Gasteiger partial charge in [0, 0.05) is 19.1 Å². The minimum Gasteiger partial charge on any atom is -0.450 e. The number of nitrogen functional groups attached to an aromatic ring is 1. The van der Waals surface area contributed by atoms with E-state index in [4.69, 9.17) is 10.5 Å². The number of carbonyl (C=O) groups excluding carboxylic acids is 1. The number of carbonyl (C=O) groups is 1. The van der Waals surface area contributed by atoms with E-state index in [1.54, 1.807) is 4.90 Å². The van der Waals surface area contributed by atoms with Gasteiger partial charge in [0.25, 0.3) is 0 Å². The first-order valence-electron chi connectivity index (χ1n) is 7.15. The summed E-state index contributed by atoms with van der Waals surface area (Å²) in [5.41, 5.74) is 8.94. The topological polar surface area (TPSA) is 67.6 Å². The fourth-order valence-electron chi connectivity index (χ4n) is 2.45. The van der Waals surface area contributed by atoms with Crippen LogP contribution in [0.5, 0.6) is 0 Å². The lowest BCUT2D eigenvalue weighted by atomic mass is 10.0. The molecule has 0 bridgehead atoms. The molecule has 0 aromatic heterocycles. The molecule has 5 nitrogen and oxygen atoms in total. The Bertz CT molecular complexity index is 468. The van der Waals surface area contributed by atoms with E-state index in [0.29, 0.717) is 12.6 Å². The standard InChI is InChI=1S/C15H23N3O2/c1-3-20-15(19)18-9-7-12(8-10-18)17-13-6-4-5-11(2)14(13)16/h4-6,12,17H,3,7-10,16H2,1-2H3. The SMILES string of the molecule is CCOC(=O)N1CCC(Nc2cccc(C)c2N)CC1. The van der Waals surface area contributed by atoms with E-state index in [-0.39, 0.29) is 6.09 Å². The molecular formula is C15H23N3O2. The molecule has 0 unspecified atom stereocenters. The smallest absolute Gasteiger partial charge is 0.409 e. The number of likely N-dealkylation sites (tertiary alicyclic amines) is 1. The highest BCUT2D eigenvalue weighted by Crippen LogP contribution is 2.25. The molecule has 1 heterocycles. The zero-order chi connectivity index (χ0) is 14.5. The molecule has 1 aliphatic heterocycles. The molecule has 5 heteroatoms. The van der Waals surface area contributed by atoms with Crippen LogP contribution in [0.15, 0.2) is 18.2 Å². The van der Waals surface area contributed by atoms with Crippen molar-refractivity contribution in [2.75, 3.05) is 30.7 Å². The number of anilines is 2. The summed E-state index contributed by atoms with van der Waals surface area (Å²) in [6, 6.07) is 6.36. The molecule has 1 saturated heterocycles. The normalized spacial score (nSPS) is 16.0. The number of hydrogen-bond acceptors (Lipinski definition) is 4. The Morgan fingerprint density at radius 3 is 2.80 bits per heavy atom. The molecule has 0 aliphatic carbocycles. The van der Waals surface area contributed by atoms with Gasteiger partial charge >= 0.3 is 6.09 Å². The lowest BCUT2D eigenvalue weighted by molar-refractivity contribution is 0.0983. The maximum Gasteiger partial charge on any atom is 0.409 e. The third-order valence-electron chi connectivity index (χ3n) is 3.70. The zero-order valence-electron chi connectivity index (χ0n) is 12.2. The zero-order valence-corrected chi connectivity index (χ0v) is 12.2. The largest absolute Gasteiger partial charge is 0.450 e. The lowest BCUT2D eigenvalue weighted by Gasteiger charge is -2.32. The summed E-state index contributed by atoms with van der Waals surface area (Å²) < 4.78 is 5.02. The Morgan fingerprint density at radius 2 is 2.15 bits per heavy atom. The van der Waals surface area contributed by atoms with E-state index in [2.05, 4.69) is 5.32 Å². The monoisotopic (exact) mass is 277 g/mol. The number of para-hydroxylation sites is 1. The highest BCUT2D eigenvalue weighted by molar-refractivity contribution is 5.70. The van der Waals surface area contributed by atoms with Crippen molar-refractivity contribution in [3.63, 3.8) is 0 Å². The first-order chi connectivity index (χ1) is 9.61. The van der Waals surface area contributed by atoms with E-state index in [9.17, 15) is 4.79 Å². The third kappa shape index (κ3) is 3.35. The van der Waals surface area contributed by atoms with Crippen LogP contribution in [-0.2, 0) is 4.74 Å². The van der Waals surface area contributed by atoms with Gasteiger partial charge in [-0.2, -0.15) is 0 Å². The number of aryl methyl sites for hydroxylation is 1. The molecule has 1 aromatic carbocycles. The number of benzene rings is 1. The average molecular weight is 277 g/mol. The van der Waals surface area contributed by atoms with Crippen molar-refractivity contribution < 1.29 is 9.53 Å². The summed E-state index contributed by atoms with van der Waals surface area (Å²) in [6.45, 7) is 5.71. The summed E-state index contributed by atoms with van der Waals surface area (Å²) in [7, 11) is 0. The van der Waals surface area contributed by atoms with Crippen molar-refractivity contribution in [2.24, 2.45) is 0 Å². The van der Waals surface area contributed by atoms with Crippen LogP contribution in [0.1, 0.15) is 25.3 Å². The number of hydrogen-bond donors (Lipinski definition) is 2. The minimum atomic E-state index is -0.207. The molecule has 1 aromatic rings. The van der Waals surface area contributed by atoms with Gasteiger partial charge in [-0.05, 0) is 38.3 Å². The van der Waals surface area contributed by atoms with Gasteiger partial charge in [-0.1, -0.05) is 12.1 Å². The fraction of sp³-hybridized carbons (Fsp3) is 0.533. The molecule has 1 fully saturated rings. The summed E-state index contributed by atoms with van der Waals surface area (Å²) in [5.74, 6) is 0. The Hall–Kier alpha value is -1.91. The van der Waals surface area contributed by atoms with Crippen LogP contribution in [0.3, 0.4) is 0 Å².